The van der Waals surface area contributed by atoms with E-state index in [4.69, 9.17) is 11.6 Å². The van der Waals surface area contributed by atoms with Gasteiger partial charge in [-0.3, -0.25) is 21.3 Å². The van der Waals surface area contributed by atoms with Gasteiger partial charge in [0, 0.05) is 152 Å². The molecule has 4 saturated heterocycles. The van der Waals surface area contributed by atoms with Crippen LogP contribution in [0.3, 0.4) is 0 Å². The number of pyridine rings is 4. The van der Waals surface area contributed by atoms with Crippen LogP contribution in [0.1, 0.15) is 102 Å². The zero-order valence-electron chi connectivity index (χ0n) is 69.9. The van der Waals surface area contributed by atoms with Gasteiger partial charge in [-0.05, 0) is 163 Å². The first-order chi connectivity index (χ1) is 59.7. The maximum atomic E-state index is 14.6. The summed E-state index contributed by atoms with van der Waals surface area (Å²) in [7, 11) is 0. The molecule has 8 amide bonds. The number of aliphatic hydroxyl groups excluding tert-OH is 8. The lowest BCUT2D eigenvalue weighted by molar-refractivity contribution is 0.0301. The Bertz CT molecular complexity index is 5390. The van der Waals surface area contributed by atoms with Gasteiger partial charge in [0.25, 0.3) is 0 Å². The Morgan fingerprint density at radius 3 is 0.840 bits per heavy atom. The van der Waals surface area contributed by atoms with Gasteiger partial charge in [-0.2, -0.15) is 0 Å². The standard InChI is InChI=1S/C22H26FN5O3S.C21H24ClN5O3S.2C21H24FN5O3S/c1-12-8-17-18(9-13(12)2)32-21(25-17)26-22(31)28-6-4-27(5-7-28)20-16(23)10-15(11-24-20)19(30)14(3)29;3*1-12-3-4-16-17(9-12)31-20(24-16)25-21(30)27-7-5-26(6-8-27)19-15(22)10-14(11-23-19)18(29)13(2)28/h8-11,14,19,29-30H,4-7H2,1-3H3,(H,25,26,31);3*3-4,9-11,13,18,28-29H,5-8H2,1-2H3,(H,24,25,30)/t14-,19+;3*13-,18+/m0000/s1. The summed E-state index contributed by atoms with van der Waals surface area (Å²) in [5.41, 5.74) is 10.3. The van der Waals surface area contributed by atoms with Crippen molar-refractivity contribution in [1.29, 1.82) is 0 Å². The summed E-state index contributed by atoms with van der Waals surface area (Å²) < 4.78 is 47.7. The van der Waals surface area contributed by atoms with Crippen LogP contribution in [0.4, 0.5) is 76.1 Å². The molecular weight excluding hydrogens is 1710 g/mol. The second-order valence-electron chi connectivity index (χ2n) is 31.0. The summed E-state index contributed by atoms with van der Waals surface area (Å²) >= 11 is 12.1. The monoisotopic (exact) mass is 1810 g/mol. The molecule has 0 saturated carbocycles. The molecule has 662 valence electrons. The molecule has 0 bridgehead atoms. The zero-order chi connectivity index (χ0) is 89.4. The van der Waals surface area contributed by atoms with Crippen LogP contribution in [-0.2, 0) is 0 Å². The van der Waals surface area contributed by atoms with Crippen molar-refractivity contribution >= 4 is 166 Å². The van der Waals surface area contributed by atoms with E-state index in [-0.39, 0.29) is 58.3 Å². The first kappa shape index (κ1) is 91.8. The predicted molar refractivity (Wildman–Crippen MR) is 482 cm³/mol. The average molecular weight is 1810 g/mol. The Hall–Kier alpha value is -10.9. The predicted octanol–water partition coefficient (Wildman–Crippen LogP) is 12.5. The number of thiazole rings is 4. The van der Waals surface area contributed by atoms with E-state index in [0.29, 0.717) is 142 Å². The highest BCUT2D eigenvalue weighted by atomic mass is 35.5. The van der Waals surface area contributed by atoms with Gasteiger partial charge in [-0.25, -0.2) is 72.2 Å². The molecule has 8 aromatic heterocycles. The molecule has 8 atom stereocenters. The highest BCUT2D eigenvalue weighted by Gasteiger charge is 2.32. The van der Waals surface area contributed by atoms with Crippen molar-refractivity contribution in [1.82, 2.24) is 59.5 Å². The fraction of sp³-hybridized carbons (Fsp3) is 0.388. The van der Waals surface area contributed by atoms with Crippen LogP contribution >= 0.6 is 56.9 Å². The van der Waals surface area contributed by atoms with Gasteiger partial charge in [0.15, 0.2) is 55.4 Å². The van der Waals surface area contributed by atoms with Crippen LogP contribution in [0.15, 0.2) is 116 Å². The number of rotatable bonds is 16. The summed E-state index contributed by atoms with van der Waals surface area (Å²) in [6, 6.07) is 26.3. The van der Waals surface area contributed by atoms with Crippen molar-refractivity contribution in [3.05, 3.63) is 188 Å². The van der Waals surface area contributed by atoms with E-state index in [1.807, 2.05) is 94.1 Å². The average Bonchev–Trinajstić information content (AvgIpc) is 1.75. The van der Waals surface area contributed by atoms with Crippen LogP contribution in [0, 0.1) is 52.1 Å². The number of hydrogen-bond donors (Lipinski definition) is 12. The highest BCUT2D eigenvalue weighted by molar-refractivity contribution is 7.23. The van der Waals surface area contributed by atoms with Crippen molar-refractivity contribution in [3.8, 4) is 0 Å². The lowest BCUT2D eigenvalue weighted by Gasteiger charge is -2.35. The van der Waals surface area contributed by atoms with Gasteiger partial charge in [0.1, 0.15) is 30.2 Å². The molecule has 0 radical (unpaired) electrons. The van der Waals surface area contributed by atoms with Gasteiger partial charge in [0.2, 0.25) is 0 Å². The maximum Gasteiger partial charge on any atom is 0.323 e. The smallest absolute Gasteiger partial charge is 0.323 e. The summed E-state index contributed by atoms with van der Waals surface area (Å²) in [5.74, 6) is -0.598. The first-order valence-corrected chi connectivity index (χ1v) is 44.1. The second-order valence-corrected chi connectivity index (χ2v) is 35.6. The van der Waals surface area contributed by atoms with E-state index in [1.54, 1.807) is 40.4 Å². The van der Waals surface area contributed by atoms with Gasteiger partial charge < -0.3 is 80.1 Å². The Kier molecular flexibility index (Phi) is 29.8. The van der Waals surface area contributed by atoms with Crippen LogP contribution in [0.25, 0.3) is 40.9 Å². The normalized spacial score (nSPS) is 16.4. The molecule has 0 unspecified atom stereocenters. The van der Waals surface area contributed by atoms with Crippen molar-refractivity contribution in [2.45, 2.75) is 111 Å². The molecule has 32 nitrogen and oxygen atoms in total. The molecule has 12 heterocycles. The van der Waals surface area contributed by atoms with Gasteiger partial charge in [-0.15, -0.1) is 0 Å². The summed E-state index contributed by atoms with van der Waals surface area (Å²) in [4.78, 5) is 99.3. The molecule has 16 rings (SSSR count). The number of piperazine rings is 4. The number of aliphatic hydroxyl groups is 8. The second kappa shape index (κ2) is 40.6. The van der Waals surface area contributed by atoms with Crippen LogP contribution in [0.5, 0.6) is 0 Å². The van der Waals surface area contributed by atoms with Gasteiger partial charge >= 0.3 is 24.1 Å². The summed E-state index contributed by atoms with van der Waals surface area (Å²) in [6.45, 7) is 23.1. The number of fused-ring (bicyclic) bond motifs is 4. The van der Waals surface area contributed by atoms with Gasteiger partial charge in [-0.1, -0.05) is 75.1 Å². The number of halogens is 4. The third-order valence-corrected chi connectivity index (χ3v) is 25.5. The number of nitrogens with zero attached hydrogens (tertiary/aromatic N) is 16. The fourth-order valence-electron chi connectivity index (χ4n) is 14.1. The largest absolute Gasteiger partial charge is 0.390 e. The van der Waals surface area contributed by atoms with Gasteiger partial charge in [0.05, 0.1) is 70.3 Å². The molecule has 12 N–H and O–H groups in total. The van der Waals surface area contributed by atoms with Crippen molar-refractivity contribution in [2.24, 2.45) is 0 Å². The SMILES string of the molecule is Cc1cc2nc(NC(=O)N3CCN(c4ncc([C@H](O)[C@H](C)O)cc4F)CC3)sc2cc1C.Cc1ccc2nc(NC(=O)N3CCN(c4ncc([C@H](O)[C@H](C)O)cc4Cl)CC3)sc2c1.Cc1ccc2nc(NC(=O)N3CCN(c4ncc([C@H](O)[C@H](C)O)cc4F)CC3)sc2c1.Cc1ccc2nc(NC(=O)N3CCN(c4ncc([C@H](O)[C@H](C)O)cc4F)CC3)sc2c1. The minimum absolute atomic E-state index is 0.170. The quantitative estimate of drug-likeness (QED) is 0.0427. The summed E-state index contributed by atoms with van der Waals surface area (Å²) in [5, 5.41) is 91.7. The number of aryl methyl sites for hydroxylation is 5. The van der Waals surface area contributed by atoms with Crippen molar-refractivity contribution in [2.75, 3.05) is 146 Å². The Balaban J connectivity index is 0.000000143. The Morgan fingerprint density at radius 1 is 0.336 bits per heavy atom. The van der Waals surface area contributed by atoms with E-state index in [9.17, 15) is 73.2 Å². The Labute approximate surface area is 738 Å². The lowest BCUT2D eigenvalue weighted by Crippen LogP contribution is -2.50. The third kappa shape index (κ3) is 22.7. The molecule has 0 spiro atoms. The molecular formula is C85H98ClF3N20O12S4. The van der Waals surface area contributed by atoms with Crippen LogP contribution in [-0.4, -0.2) is 254 Å². The topological polar surface area (TPSA) is 407 Å². The summed E-state index contributed by atoms with van der Waals surface area (Å²) in [6.07, 6.45) is -2.97. The molecule has 0 aliphatic carbocycles. The number of nitrogens with one attached hydrogen (secondary N) is 4. The molecule has 12 aromatic rings. The minimum Gasteiger partial charge on any atom is -0.390 e. The molecule has 4 fully saturated rings. The van der Waals surface area contributed by atoms with Crippen LogP contribution < -0.4 is 40.9 Å². The number of hydrogen-bond acceptors (Lipinski definition) is 28. The number of aromatic nitrogens is 8. The Morgan fingerprint density at radius 2 is 0.576 bits per heavy atom. The number of anilines is 8. The van der Waals surface area contributed by atoms with Crippen molar-refractivity contribution < 1.29 is 73.2 Å². The molecule has 40 heteroatoms. The van der Waals surface area contributed by atoms with E-state index in [0.717, 1.165) is 63.1 Å². The third-order valence-electron chi connectivity index (χ3n) is 21.5. The number of carbonyl (C=O) groups excluding carboxylic acids is 4. The number of amides is 8. The minimum atomic E-state index is -1.19. The number of carbonyl (C=O) groups is 4. The molecule has 4 aromatic carbocycles. The van der Waals surface area contributed by atoms with Crippen molar-refractivity contribution in [3.63, 3.8) is 0 Å². The van der Waals surface area contributed by atoms with E-state index < -0.39 is 66.3 Å². The zero-order valence-corrected chi connectivity index (χ0v) is 73.9. The van der Waals surface area contributed by atoms with E-state index in [1.165, 1.54) is 122 Å². The maximum absolute atomic E-state index is 14.6. The number of benzene rings is 4. The lowest BCUT2D eigenvalue weighted by atomic mass is 10.1. The van der Waals surface area contributed by atoms with E-state index in [2.05, 4.69) is 73.3 Å². The first-order valence-electron chi connectivity index (χ1n) is 40.5. The molecule has 4 aliphatic heterocycles. The number of urea groups is 4. The highest BCUT2D eigenvalue weighted by Crippen LogP contribution is 2.36. The molecule has 125 heavy (non-hydrogen) atoms. The van der Waals surface area contributed by atoms with E-state index >= 15 is 0 Å². The van der Waals surface area contributed by atoms with Crippen LogP contribution in [0.2, 0.25) is 5.02 Å². The molecule has 4 aliphatic rings. The fourth-order valence-corrected chi connectivity index (χ4v) is 18.2.